The highest BCUT2D eigenvalue weighted by molar-refractivity contribution is 5.82. The predicted molar refractivity (Wildman–Crippen MR) is 47.0 cm³/mol. The third kappa shape index (κ3) is 1.08. The van der Waals surface area contributed by atoms with Gasteiger partial charge in [0.1, 0.15) is 5.78 Å². The van der Waals surface area contributed by atoms with Crippen LogP contribution < -0.4 is 5.32 Å². The van der Waals surface area contributed by atoms with E-state index in [0.717, 1.165) is 13.1 Å². The number of carbonyl (C=O) groups excluding carboxylic acids is 1. The molecule has 3 nitrogen and oxygen atoms in total. The Morgan fingerprint density at radius 1 is 1.58 bits per heavy atom. The van der Waals surface area contributed by atoms with Crippen molar-refractivity contribution < 1.29 is 4.79 Å². The van der Waals surface area contributed by atoms with Gasteiger partial charge in [0.05, 0.1) is 6.04 Å². The molecule has 0 radical (unpaired) electrons. The Balaban J connectivity index is 2.15. The normalized spacial score (nSPS) is 41.7. The number of nitrogens with one attached hydrogen (secondary N) is 1. The molecule has 0 spiro atoms. The Bertz CT molecular complexity index is 205. The number of likely N-dealkylation sites (tertiary alicyclic amines) is 1. The highest BCUT2D eigenvalue weighted by Gasteiger charge is 2.44. The number of carbonyl (C=O) groups is 1. The van der Waals surface area contributed by atoms with Crippen molar-refractivity contribution in [3.8, 4) is 0 Å². The highest BCUT2D eigenvalue weighted by Crippen LogP contribution is 2.29. The van der Waals surface area contributed by atoms with Crippen molar-refractivity contribution in [2.75, 3.05) is 20.1 Å². The average molecular weight is 168 g/mol. The predicted octanol–water partition coefficient (Wildman–Crippen LogP) is -0.132. The van der Waals surface area contributed by atoms with Crippen LogP contribution in [0.3, 0.4) is 0 Å². The molecule has 0 saturated carbocycles. The van der Waals surface area contributed by atoms with Crippen LogP contribution in [0.15, 0.2) is 0 Å². The van der Waals surface area contributed by atoms with Gasteiger partial charge >= 0.3 is 0 Å². The maximum absolute atomic E-state index is 11.3. The van der Waals surface area contributed by atoms with Crippen LogP contribution in [0.5, 0.6) is 0 Å². The average Bonchev–Trinajstić information content (AvgIpc) is 2.44. The summed E-state index contributed by atoms with van der Waals surface area (Å²) in [5, 5.41) is 3.42. The van der Waals surface area contributed by atoms with Crippen molar-refractivity contribution in [2.24, 2.45) is 5.92 Å². The first-order valence-corrected chi connectivity index (χ1v) is 4.64. The quantitative estimate of drug-likeness (QED) is 0.592. The minimum absolute atomic E-state index is 0.137. The molecule has 0 bridgehead atoms. The molecule has 2 saturated heterocycles. The van der Waals surface area contributed by atoms with Crippen LogP contribution in [0.1, 0.15) is 13.3 Å². The number of fused-ring (bicyclic) bond motifs is 1. The Labute approximate surface area is 73.1 Å². The third-order valence-corrected chi connectivity index (χ3v) is 3.16. The number of hydrogen-bond donors (Lipinski definition) is 1. The van der Waals surface area contributed by atoms with E-state index in [0.29, 0.717) is 17.7 Å². The first-order chi connectivity index (χ1) is 5.70. The van der Waals surface area contributed by atoms with E-state index in [9.17, 15) is 4.79 Å². The van der Waals surface area contributed by atoms with Gasteiger partial charge in [-0.2, -0.15) is 0 Å². The van der Waals surface area contributed by atoms with Gasteiger partial charge in [0.2, 0.25) is 0 Å². The summed E-state index contributed by atoms with van der Waals surface area (Å²) in [4.78, 5) is 13.5. The van der Waals surface area contributed by atoms with E-state index < -0.39 is 0 Å². The Hall–Kier alpha value is -0.410. The first kappa shape index (κ1) is 8.20. The highest BCUT2D eigenvalue weighted by atomic mass is 16.1. The number of rotatable bonds is 1. The lowest BCUT2D eigenvalue weighted by atomic mass is 9.98. The van der Waals surface area contributed by atoms with Crippen LogP contribution in [0.4, 0.5) is 0 Å². The number of ketones is 1. The number of Topliss-reactive ketones (excluding diaryl/α,β-unsaturated/α-hetero) is 1. The van der Waals surface area contributed by atoms with Crippen molar-refractivity contribution >= 4 is 5.78 Å². The fourth-order valence-corrected chi connectivity index (χ4v) is 2.68. The fourth-order valence-electron chi connectivity index (χ4n) is 2.68. The van der Waals surface area contributed by atoms with Gasteiger partial charge in [-0.15, -0.1) is 0 Å². The second-order valence-electron chi connectivity index (χ2n) is 4.02. The summed E-state index contributed by atoms with van der Waals surface area (Å²) >= 11 is 0. The topological polar surface area (TPSA) is 32.3 Å². The maximum atomic E-state index is 11.3. The third-order valence-electron chi connectivity index (χ3n) is 3.16. The largest absolute Gasteiger partial charge is 0.312 e. The van der Waals surface area contributed by atoms with Gasteiger partial charge in [-0.05, 0) is 32.9 Å². The summed E-state index contributed by atoms with van der Waals surface area (Å²) in [6.07, 6.45) is 1.23. The van der Waals surface area contributed by atoms with Gasteiger partial charge in [-0.1, -0.05) is 0 Å². The molecule has 3 heteroatoms. The maximum Gasteiger partial charge on any atom is 0.148 e. The van der Waals surface area contributed by atoms with E-state index in [4.69, 9.17) is 0 Å². The number of likely N-dealkylation sites (N-methyl/N-ethyl adjacent to an activating group) is 1. The Kier molecular flexibility index (Phi) is 1.93. The van der Waals surface area contributed by atoms with E-state index in [1.165, 1.54) is 6.42 Å². The van der Waals surface area contributed by atoms with E-state index in [-0.39, 0.29) is 6.04 Å². The molecule has 68 valence electrons. The van der Waals surface area contributed by atoms with Crippen LogP contribution >= 0.6 is 0 Å². The molecule has 2 aliphatic rings. The lowest BCUT2D eigenvalue weighted by molar-refractivity contribution is -0.121. The van der Waals surface area contributed by atoms with E-state index in [2.05, 4.69) is 10.2 Å². The summed E-state index contributed by atoms with van der Waals surface area (Å²) in [6, 6.07) is 0.574. The molecule has 2 fully saturated rings. The van der Waals surface area contributed by atoms with Crippen LogP contribution in [0, 0.1) is 5.92 Å². The van der Waals surface area contributed by atoms with Crippen molar-refractivity contribution in [1.82, 2.24) is 10.2 Å². The number of hydrogen-bond acceptors (Lipinski definition) is 3. The van der Waals surface area contributed by atoms with Crippen LogP contribution in [-0.4, -0.2) is 42.9 Å². The molecule has 2 heterocycles. The summed E-state index contributed by atoms with van der Waals surface area (Å²) in [5.41, 5.74) is 0. The zero-order chi connectivity index (χ0) is 8.72. The molecule has 0 aliphatic carbocycles. The summed E-state index contributed by atoms with van der Waals surface area (Å²) in [5.74, 6) is 1.02. The van der Waals surface area contributed by atoms with Gasteiger partial charge in [0.15, 0.2) is 0 Å². The van der Waals surface area contributed by atoms with Crippen LogP contribution in [0.25, 0.3) is 0 Å². The molecule has 0 aromatic rings. The Morgan fingerprint density at radius 2 is 2.33 bits per heavy atom. The molecule has 12 heavy (non-hydrogen) atoms. The standard InChI is InChI=1S/C9H16N2O/c1-6(12)9-8-7(3-4-10-8)5-11(9)2/h7-10H,3-5H2,1-2H3. The van der Waals surface area contributed by atoms with Gasteiger partial charge in [-0.3, -0.25) is 9.69 Å². The molecule has 3 atom stereocenters. The first-order valence-electron chi connectivity index (χ1n) is 4.64. The van der Waals surface area contributed by atoms with Crippen LogP contribution in [0.2, 0.25) is 0 Å². The van der Waals surface area contributed by atoms with E-state index in [1.54, 1.807) is 6.92 Å². The molecule has 2 aliphatic heterocycles. The minimum atomic E-state index is 0.137. The van der Waals surface area contributed by atoms with Gasteiger partial charge in [0.25, 0.3) is 0 Å². The zero-order valence-electron chi connectivity index (χ0n) is 7.71. The summed E-state index contributed by atoms with van der Waals surface area (Å²) in [6.45, 7) is 3.87. The molecule has 2 rings (SSSR count). The Morgan fingerprint density at radius 3 is 3.00 bits per heavy atom. The fraction of sp³-hybridized carbons (Fsp3) is 0.889. The molecular weight excluding hydrogens is 152 g/mol. The van der Waals surface area contributed by atoms with Crippen LogP contribution in [-0.2, 0) is 4.79 Å². The van der Waals surface area contributed by atoms with Crippen molar-refractivity contribution in [3.05, 3.63) is 0 Å². The lowest BCUT2D eigenvalue weighted by Crippen LogP contribution is -2.44. The SMILES string of the molecule is CC(=O)C1C2NCCC2CN1C. The smallest absolute Gasteiger partial charge is 0.148 e. The van der Waals surface area contributed by atoms with Crippen molar-refractivity contribution in [1.29, 1.82) is 0 Å². The van der Waals surface area contributed by atoms with E-state index >= 15 is 0 Å². The van der Waals surface area contributed by atoms with E-state index in [1.807, 2.05) is 7.05 Å². The zero-order valence-corrected chi connectivity index (χ0v) is 7.71. The second-order valence-corrected chi connectivity index (χ2v) is 4.02. The summed E-state index contributed by atoms with van der Waals surface area (Å²) < 4.78 is 0. The monoisotopic (exact) mass is 168 g/mol. The van der Waals surface area contributed by atoms with Crippen molar-refractivity contribution in [2.45, 2.75) is 25.4 Å². The summed E-state index contributed by atoms with van der Waals surface area (Å²) in [7, 11) is 2.05. The molecule has 1 N–H and O–H groups in total. The molecule has 0 aromatic heterocycles. The van der Waals surface area contributed by atoms with Crippen molar-refractivity contribution in [3.63, 3.8) is 0 Å². The number of nitrogens with zero attached hydrogens (tertiary/aromatic N) is 1. The van der Waals surface area contributed by atoms with Gasteiger partial charge in [0, 0.05) is 12.6 Å². The lowest BCUT2D eigenvalue weighted by Gasteiger charge is -2.21. The van der Waals surface area contributed by atoms with Gasteiger partial charge < -0.3 is 5.32 Å². The van der Waals surface area contributed by atoms with Gasteiger partial charge in [-0.25, -0.2) is 0 Å². The second kappa shape index (κ2) is 2.82. The molecular formula is C9H16N2O. The molecule has 0 aromatic carbocycles. The molecule has 3 unspecified atom stereocenters. The minimum Gasteiger partial charge on any atom is -0.312 e. The molecule has 0 amide bonds.